The molecule has 2 heteroatoms. The number of hydrogen-bond acceptors (Lipinski definition) is 1. The van der Waals surface area contributed by atoms with E-state index in [2.05, 4.69) is 55.8 Å². The van der Waals surface area contributed by atoms with Crippen molar-refractivity contribution in [2.24, 2.45) is 11.1 Å². The molecule has 18 heavy (non-hydrogen) atoms. The Morgan fingerprint density at radius 3 is 2.72 bits per heavy atom. The summed E-state index contributed by atoms with van der Waals surface area (Å²) in [6, 6.07) is 8.83. The van der Waals surface area contributed by atoms with Gasteiger partial charge in [-0.15, -0.1) is 0 Å². The lowest BCUT2D eigenvalue weighted by molar-refractivity contribution is 0.328. The minimum Gasteiger partial charge on any atom is -0.347 e. The number of aromatic nitrogens is 1. The second-order valence-corrected chi connectivity index (χ2v) is 6.04. The summed E-state index contributed by atoms with van der Waals surface area (Å²) >= 11 is 0. The molecule has 0 radical (unpaired) electrons. The summed E-state index contributed by atoms with van der Waals surface area (Å²) in [7, 11) is 0. The van der Waals surface area contributed by atoms with Gasteiger partial charge in [-0.05, 0) is 54.8 Å². The lowest BCUT2D eigenvalue weighted by Crippen LogP contribution is -2.23. The van der Waals surface area contributed by atoms with Gasteiger partial charge in [-0.1, -0.05) is 26.0 Å². The van der Waals surface area contributed by atoms with Gasteiger partial charge in [0.1, 0.15) is 0 Å². The van der Waals surface area contributed by atoms with Crippen molar-refractivity contribution in [2.45, 2.75) is 40.2 Å². The van der Waals surface area contributed by atoms with Crippen LogP contribution < -0.4 is 5.73 Å². The topological polar surface area (TPSA) is 30.9 Å². The van der Waals surface area contributed by atoms with Gasteiger partial charge in [0.25, 0.3) is 0 Å². The Kier molecular flexibility index (Phi) is 3.76. The molecule has 1 heterocycles. The van der Waals surface area contributed by atoms with Crippen LogP contribution in [0.4, 0.5) is 0 Å². The fourth-order valence-electron chi connectivity index (χ4n) is 2.32. The van der Waals surface area contributed by atoms with Gasteiger partial charge in [0, 0.05) is 18.3 Å². The first-order valence-electron chi connectivity index (χ1n) is 6.77. The fourth-order valence-corrected chi connectivity index (χ4v) is 2.32. The minimum absolute atomic E-state index is 0.263. The van der Waals surface area contributed by atoms with Crippen molar-refractivity contribution in [1.82, 2.24) is 4.57 Å². The molecular weight excluding hydrogens is 220 g/mol. The first-order chi connectivity index (χ1) is 8.52. The molecule has 0 atom stereocenters. The number of hydrogen-bond donors (Lipinski definition) is 1. The van der Waals surface area contributed by atoms with Crippen LogP contribution in [0.5, 0.6) is 0 Å². The van der Waals surface area contributed by atoms with E-state index in [9.17, 15) is 0 Å². The Balaban J connectivity index is 2.06. The third-order valence-electron chi connectivity index (χ3n) is 3.73. The second kappa shape index (κ2) is 5.15. The summed E-state index contributed by atoms with van der Waals surface area (Å²) in [4.78, 5) is 0. The van der Waals surface area contributed by atoms with E-state index in [0.29, 0.717) is 0 Å². The van der Waals surface area contributed by atoms with Crippen LogP contribution >= 0.6 is 0 Å². The number of nitrogens with zero attached hydrogens (tertiary/aromatic N) is 1. The maximum atomic E-state index is 5.77. The third-order valence-corrected chi connectivity index (χ3v) is 3.73. The van der Waals surface area contributed by atoms with Gasteiger partial charge < -0.3 is 10.3 Å². The first-order valence-corrected chi connectivity index (χ1v) is 6.77. The quantitative estimate of drug-likeness (QED) is 0.854. The van der Waals surface area contributed by atoms with Crippen LogP contribution in [-0.4, -0.2) is 11.1 Å². The SMILES string of the molecule is Cc1ccc2ccn(CCCC(C)(C)CN)c2c1. The standard InChI is InChI=1S/C16H24N2/c1-13-5-6-14-7-10-18(15(14)11-13)9-4-8-16(2,3)12-17/h5-7,10-11H,4,8-9,12,17H2,1-3H3. The molecule has 0 saturated heterocycles. The Morgan fingerprint density at radius 1 is 1.22 bits per heavy atom. The molecule has 0 amide bonds. The van der Waals surface area contributed by atoms with Crippen LogP contribution in [0.3, 0.4) is 0 Å². The number of fused-ring (bicyclic) bond motifs is 1. The van der Waals surface area contributed by atoms with Gasteiger partial charge in [0.2, 0.25) is 0 Å². The highest BCUT2D eigenvalue weighted by molar-refractivity contribution is 5.80. The van der Waals surface area contributed by atoms with Gasteiger partial charge in [0.15, 0.2) is 0 Å². The lowest BCUT2D eigenvalue weighted by atomic mass is 9.88. The van der Waals surface area contributed by atoms with E-state index in [1.54, 1.807) is 0 Å². The van der Waals surface area contributed by atoms with Crippen LogP contribution in [0.2, 0.25) is 0 Å². The molecule has 0 aliphatic rings. The molecule has 2 N–H and O–H groups in total. The molecule has 1 aromatic heterocycles. The summed E-state index contributed by atoms with van der Waals surface area (Å²) in [5.41, 5.74) is 8.70. The second-order valence-electron chi connectivity index (χ2n) is 6.04. The van der Waals surface area contributed by atoms with Gasteiger partial charge in [0.05, 0.1) is 0 Å². The summed E-state index contributed by atoms with van der Waals surface area (Å²) in [5, 5.41) is 1.33. The maximum absolute atomic E-state index is 5.77. The highest BCUT2D eigenvalue weighted by Crippen LogP contribution is 2.22. The Labute approximate surface area is 110 Å². The molecule has 0 bridgehead atoms. The zero-order chi connectivity index (χ0) is 13.2. The highest BCUT2D eigenvalue weighted by Gasteiger charge is 2.14. The molecule has 98 valence electrons. The normalized spacial score (nSPS) is 12.2. The van der Waals surface area contributed by atoms with Gasteiger partial charge in [-0.25, -0.2) is 0 Å². The highest BCUT2D eigenvalue weighted by atomic mass is 14.9. The zero-order valence-electron chi connectivity index (χ0n) is 11.7. The van der Waals surface area contributed by atoms with E-state index in [1.807, 2.05) is 0 Å². The predicted molar refractivity (Wildman–Crippen MR) is 78.7 cm³/mol. The van der Waals surface area contributed by atoms with Crippen molar-refractivity contribution in [3.8, 4) is 0 Å². The van der Waals surface area contributed by atoms with Gasteiger partial charge >= 0.3 is 0 Å². The Morgan fingerprint density at radius 2 is 2.00 bits per heavy atom. The number of benzene rings is 1. The summed E-state index contributed by atoms with van der Waals surface area (Å²) < 4.78 is 2.36. The molecule has 0 spiro atoms. The van der Waals surface area contributed by atoms with Crippen molar-refractivity contribution < 1.29 is 0 Å². The molecule has 0 aliphatic carbocycles. The zero-order valence-corrected chi connectivity index (χ0v) is 11.7. The van der Waals surface area contributed by atoms with E-state index in [4.69, 9.17) is 5.73 Å². The van der Waals surface area contributed by atoms with E-state index in [0.717, 1.165) is 13.1 Å². The van der Waals surface area contributed by atoms with Crippen LogP contribution in [0, 0.1) is 12.3 Å². The summed E-state index contributed by atoms with van der Waals surface area (Å²) in [5.74, 6) is 0. The first kappa shape index (κ1) is 13.2. The average molecular weight is 244 g/mol. The molecular formula is C16H24N2. The number of rotatable bonds is 5. The lowest BCUT2D eigenvalue weighted by Gasteiger charge is -2.22. The molecule has 2 nitrogen and oxygen atoms in total. The third kappa shape index (κ3) is 2.94. The van der Waals surface area contributed by atoms with E-state index < -0.39 is 0 Å². The smallest absolute Gasteiger partial charge is 0.0482 e. The van der Waals surface area contributed by atoms with Crippen molar-refractivity contribution in [1.29, 1.82) is 0 Å². The predicted octanol–water partition coefficient (Wildman–Crippen LogP) is 3.71. The van der Waals surface area contributed by atoms with Crippen molar-refractivity contribution in [3.05, 3.63) is 36.0 Å². The summed E-state index contributed by atoms with van der Waals surface area (Å²) in [6.07, 6.45) is 4.55. The minimum atomic E-state index is 0.263. The van der Waals surface area contributed by atoms with Crippen LogP contribution in [-0.2, 0) is 6.54 Å². The van der Waals surface area contributed by atoms with E-state index in [-0.39, 0.29) is 5.41 Å². The van der Waals surface area contributed by atoms with E-state index in [1.165, 1.54) is 29.3 Å². The molecule has 0 aliphatic heterocycles. The van der Waals surface area contributed by atoms with E-state index >= 15 is 0 Å². The fraction of sp³-hybridized carbons (Fsp3) is 0.500. The number of nitrogens with two attached hydrogens (primary N) is 1. The molecule has 1 aromatic carbocycles. The average Bonchev–Trinajstić information content (AvgIpc) is 2.72. The van der Waals surface area contributed by atoms with Crippen molar-refractivity contribution in [2.75, 3.05) is 6.54 Å². The van der Waals surface area contributed by atoms with Crippen molar-refractivity contribution in [3.63, 3.8) is 0 Å². The molecule has 0 saturated carbocycles. The number of aryl methyl sites for hydroxylation is 2. The molecule has 0 unspecified atom stereocenters. The van der Waals surface area contributed by atoms with Crippen molar-refractivity contribution >= 4 is 10.9 Å². The van der Waals surface area contributed by atoms with Crippen LogP contribution in [0.25, 0.3) is 10.9 Å². The van der Waals surface area contributed by atoms with Crippen LogP contribution in [0.1, 0.15) is 32.3 Å². The molecule has 0 fully saturated rings. The Bertz CT molecular complexity index is 523. The Hall–Kier alpha value is -1.28. The molecule has 2 aromatic rings. The maximum Gasteiger partial charge on any atom is 0.0482 e. The summed E-state index contributed by atoms with van der Waals surface area (Å²) in [6.45, 7) is 8.47. The monoisotopic (exact) mass is 244 g/mol. The molecule has 2 rings (SSSR count). The van der Waals surface area contributed by atoms with Gasteiger partial charge in [-0.2, -0.15) is 0 Å². The van der Waals surface area contributed by atoms with Gasteiger partial charge in [-0.3, -0.25) is 0 Å². The largest absolute Gasteiger partial charge is 0.347 e. The van der Waals surface area contributed by atoms with Crippen LogP contribution in [0.15, 0.2) is 30.5 Å².